The van der Waals surface area contributed by atoms with E-state index >= 15 is 0 Å². The van der Waals surface area contributed by atoms with Gasteiger partial charge in [-0.3, -0.25) is 4.79 Å². The monoisotopic (exact) mass is 230 g/mol. The fraction of sp³-hybridized carbons (Fsp3) is 0.571. The number of rotatable bonds is 5. The van der Waals surface area contributed by atoms with Crippen molar-refractivity contribution in [1.29, 1.82) is 0 Å². The molecule has 0 saturated heterocycles. The van der Waals surface area contributed by atoms with E-state index in [4.69, 9.17) is 0 Å². The van der Waals surface area contributed by atoms with Gasteiger partial charge >= 0.3 is 51.4 Å². The average molecular weight is 230 g/mol. The van der Waals surface area contributed by atoms with Gasteiger partial charge in [-0.25, -0.2) is 8.42 Å². The summed E-state index contributed by atoms with van der Waals surface area (Å²) < 4.78 is 30.3. The minimum Gasteiger partial charge on any atom is -0.748 e. The molecule has 0 aliphatic carbocycles. The van der Waals surface area contributed by atoms with E-state index in [1.54, 1.807) is 6.92 Å². The van der Waals surface area contributed by atoms with Crippen LogP contribution in [0, 0.1) is 0 Å². The Morgan fingerprint density at radius 3 is 2.23 bits per heavy atom. The molecule has 0 amide bonds. The first kappa shape index (κ1) is 16.4. The van der Waals surface area contributed by atoms with Crippen molar-refractivity contribution in [2.75, 3.05) is 5.75 Å². The molecule has 0 spiro atoms. The summed E-state index contributed by atoms with van der Waals surface area (Å²) in [5.41, 5.74) is 0.387. The van der Waals surface area contributed by atoms with Crippen LogP contribution in [0.5, 0.6) is 0 Å². The van der Waals surface area contributed by atoms with Gasteiger partial charge in [-0.1, -0.05) is 6.58 Å². The second-order valence-corrected chi connectivity index (χ2v) is 4.09. The van der Waals surface area contributed by atoms with Crippen molar-refractivity contribution in [3.05, 3.63) is 12.2 Å². The van der Waals surface area contributed by atoms with Gasteiger partial charge < -0.3 is 4.55 Å². The number of ketones is 1. The Morgan fingerprint density at radius 1 is 1.46 bits per heavy atom. The van der Waals surface area contributed by atoms with E-state index in [-0.39, 0.29) is 70.0 Å². The number of carbonyl (C=O) groups excluding carboxylic acids is 1. The van der Waals surface area contributed by atoms with Crippen molar-refractivity contribution < 1.29 is 69.1 Å². The predicted molar refractivity (Wildman–Crippen MR) is 43.6 cm³/mol. The quantitative estimate of drug-likeness (QED) is 0.296. The molecule has 0 N–H and O–H groups in total. The molecule has 0 unspecified atom stereocenters. The van der Waals surface area contributed by atoms with Gasteiger partial charge in [0, 0.05) is 12.2 Å². The standard InChI is InChI=1S/C7H12O4S.K/c1-6(2)7(8)4-3-5-12(9,10)11;/h1,3-5H2,2H3,(H,9,10,11);/q;+1/p-1. The zero-order chi connectivity index (χ0) is 9.78. The third-order valence-electron chi connectivity index (χ3n) is 1.27. The second kappa shape index (κ2) is 7.27. The summed E-state index contributed by atoms with van der Waals surface area (Å²) in [4.78, 5) is 10.8. The second-order valence-electron chi connectivity index (χ2n) is 2.57. The third-order valence-corrected chi connectivity index (χ3v) is 2.06. The average Bonchev–Trinajstić information content (AvgIpc) is 1.84. The normalized spacial score (nSPS) is 10.3. The molecule has 0 fully saturated rings. The van der Waals surface area contributed by atoms with E-state index in [9.17, 15) is 17.8 Å². The summed E-state index contributed by atoms with van der Waals surface area (Å²) in [5.74, 6) is -0.676. The van der Waals surface area contributed by atoms with Crippen LogP contribution in [0.25, 0.3) is 0 Å². The van der Waals surface area contributed by atoms with Crippen LogP contribution < -0.4 is 51.4 Å². The van der Waals surface area contributed by atoms with Gasteiger partial charge in [-0.05, 0) is 18.9 Å². The van der Waals surface area contributed by atoms with Crippen LogP contribution in [-0.4, -0.2) is 24.5 Å². The van der Waals surface area contributed by atoms with Gasteiger partial charge in [-0.2, -0.15) is 0 Å². The maximum atomic E-state index is 10.8. The molecule has 0 rings (SSSR count). The molecule has 0 bridgehead atoms. The maximum Gasteiger partial charge on any atom is 1.00 e. The summed E-state index contributed by atoms with van der Waals surface area (Å²) in [5, 5.41) is 0. The molecule has 0 aromatic rings. The van der Waals surface area contributed by atoms with Crippen LogP contribution in [0.3, 0.4) is 0 Å². The largest absolute Gasteiger partial charge is 1.00 e. The molecule has 0 radical (unpaired) electrons. The number of hydrogen-bond donors (Lipinski definition) is 0. The Kier molecular flexibility index (Phi) is 9.17. The Bertz CT molecular complexity index is 281. The van der Waals surface area contributed by atoms with Crippen molar-refractivity contribution in [2.45, 2.75) is 19.8 Å². The van der Waals surface area contributed by atoms with Gasteiger partial charge in [0.2, 0.25) is 0 Å². The summed E-state index contributed by atoms with van der Waals surface area (Å²) >= 11 is 0. The molecule has 0 aromatic carbocycles. The van der Waals surface area contributed by atoms with Crippen LogP contribution in [-0.2, 0) is 14.9 Å². The summed E-state index contributed by atoms with van der Waals surface area (Å²) in [7, 11) is -4.18. The molecule has 0 saturated carbocycles. The first-order chi connectivity index (χ1) is 5.33. The molecule has 4 nitrogen and oxygen atoms in total. The zero-order valence-corrected chi connectivity index (χ0v) is 11.8. The van der Waals surface area contributed by atoms with Crippen LogP contribution in [0.4, 0.5) is 0 Å². The minimum absolute atomic E-state index is 0. The van der Waals surface area contributed by atoms with Gasteiger partial charge in [0.05, 0.1) is 10.1 Å². The Labute approximate surface area is 121 Å². The Balaban J connectivity index is 0. The molecule has 6 heteroatoms. The molecule has 0 heterocycles. The first-order valence-corrected chi connectivity index (χ1v) is 5.03. The molecule has 0 aromatic heterocycles. The van der Waals surface area contributed by atoms with Crippen molar-refractivity contribution >= 4 is 15.9 Å². The van der Waals surface area contributed by atoms with Crippen molar-refractivity contribution in [3.63, 3.8) is 0 Å². The summed E-state index contributed by atoms with van der Waals surface area (Å²) in [6.45, 7) is 4.94. The Morgan fingerprint density at radius 2 is 1.92 bits per heavy atom. The molecule has 0 aliphatic heterocycles. The fourth-order valence-corrected chi connectivity index (χ4v) is 1.12. The van der Waals surface area contributed by atoms with E-state index in [0.717, 1.165) is 0 Å². The molecular weight excluding hydrogens is 219 g/mol. The molecule has 0 aliphatic rings. The van der Waals surface area contributed by atoms with Gasteiger partial charge in [0.25, 0.3) is 0 Å². The predicted octanol–water partition coefficient (Wildman–Crippen LogP) is -2.54. The first-order valence-electron chi connectivity index (χ1n) is 3.45. The van der Waals surface area contributed by atoms with E-state index < -0.39 is 15.9 Å². The number of allylic oxidation sites excluding steroid dienone is 1. The molecule has 0 atom stereocenters. The van der Waals surface area contributed by atoms with Crippen molar-refractivity contribution in [3.8, 4) is 0 Å². The van der Waals surface area contributed by atoms with Crippen LogP contribution in [0.1, 0.15) is 19.8 Å². The smallest absolute Gasteiger partial charge is 0.748 e. The molecular formula is C7H11KO4S. The van der Waals surface area contributed by atoms with Crippen molar-refractivity contribution in [2.24, 2.45) is 0 Å². The Hall–Kier alpha value is 0.956. The maximum absolute atomic E-state index is 10.8. The van der Waals surface area contributed by atoms with Crippen LogP contribution >= 0.6 is 0 Å². The number of Topliss-reactive ketones (excluding diaryl/α,β-unsaturated/α-hetero) is 1. The SMILES string of the molecule is C=C(C)C(=O)CCCS(=O)(=O)[O-].[K+]. The van der Waals surface area contributed by atoms with Gasteiger partial charge in [0.15, 0.2) is 5.78 Å². The summed E-state index contributed by atoms with van der Waals surface area (Å²) in [6, 6.07) is 0. The summed E-state index contributed by atoms with van der Waals surface area (Å²) in [6.07, 6.45) is 0.161. The third kappa shape index (κ3) is 10.9. The van der Waals surface area contributed by atoms with Crippen LogP contribution in [0.15, 0.2) is 12.2 Å². The molecule has 70 valence electrons. The topological polar surface area (TPSA) is 74.3 Å². The number of carbonyl (C=O) groups is 1. The fourth-order valence-electron chi connectivity index (χ4n) is 0.623. The van der Waals surface area contributed by atoms with Gasteiger partial charge in [0.1, 0.15) is 0 Å². The van der Waals surface area contributed by atoms with Gasteiger partial charge in [-0.15, -0.1) is 0 Å². The number of hydrogen-bond acceptors (Lipinski definition) is 4. The van der Waals surface area contributed by atoms with Crippen LogP contribution in [0.2, 0.25) is 0 Å². The van der Waals surface area contributed by atoms with Crippen molar-refractivity contribution in [1.82, 2.24) is 0 Å². The van der Waals surface area contributed by atoms with E-state index in [0.29, 0.717) is 5.57 Å². The van der Waals surface area contributed by atoms with E-state index in [1.165, 1.54) is 0 Å². The van der Waals surface area contributed by atoms with E-state index in [2.05, 4.69) is 6.58 Å². The van der Waals surface area contributed by atoms with E-state index in [1.807, 2.05) is 0 Å². The minimum atomic E-state index is -4.18. The molecule has 13 heavy (non-hydrogen) atoms. The zero-order valence-electron chi connectivity index (χ0n) is 7.87.